The first-order valence-electron chi connectivity index (χ1n) is 3.96. The molecule has 0 aromatic carbocycles. The number of hydrogen-bond acceptors (Lipinski definition) is 3. The van der Waals surface area contributed by atoms with E-state index in [-0.39, 0.29) is 11.3 Å². The number of pyridine rings is 1. The first-order valence-corrected chi connectivity index (χ1v) is 5.11. The average molecular weight is 199 g/mol. The molecule has 0 saturated carbocycles. The lowest BCUT2D eigenvalue weighted by Crippen LogP contribution is -2.05. The van der Waals surface area contributed by atoms with Gasteiger partial charge in [-0.25, -0.2) is 4.39 Å². The zero-order valence-electron chi connectivity index (χ0n) is 7.29. The van der Waals surface area contributed by atoms with E-state index < -0.39 is 5.82 Å². The van der Waals surface area contributed by atoms with Gasteiger partial charge in [0.05, 0.1) is 17.5 Å². The highest BCUT2D eigenvalue weighted by Gasteiger charge is 2.10. The molecule has 0 atom stereocenters. The normalized spacial score (nSPS) is 10.0. The summed E-state index contributed by atoms with van der Waals surface area (Å²) in [6.45, 7) is 1.96. The van der Waals surface area contributed by atoms with Gasteiger partial charge in [0.1, 0.15) is 0 Å². The minimum absolute atomic E-state index is 0.135. The van der Waals surface area contributed by atoms with Crippen molar-refractivity contribution < 1.29 is 9.18 Å². The number of Topliss-reactive ketones (excluding diaryl/α,β-unsaturated/α-hetero) is 1. The molecule has 0 aliphatic carbocycles. The molecular formula is C9H10FNOS. The maximum Gasteiger partial charge on any atom is 0.175 e. The number of thioether (sulfide) groups is 1. The SMILES string of the molecule is CCSCC(=O)c1ccncc1F. The number of ketones is 1. The molecule has 1 rings (SSSR count). The van der Waals surface area contributed by atoms with E-state index in [1.807, 2.05) is 6.92 Å². The summed E-state index contributed by atoms with van der Waals surface area (Å²) in [7, 11) is 0. The van der Waals surface area contributed by atoms with Gasteiger partial charge in [-0.05, 0) is 11.8 Å². The number of carbonyl (C=O) groups is 1. The van der Waals surface area contributed by atoms with Crippen LogP contribution in [0.2, 0.25) is 0 Å². The first kappa shape index (κ1) is 10.2. The Morgan fingerprint density at radius 3 is 3.08 bits per heavy atom. The standard InChI is InChI=1S/C9H10FNOS/c1-2-13-6-9(12)7-3-4-11-5-8(7)10/h3-5H,2,6H2,1H3. The zero-order valence-corrected chi connectivity index (χ0v) is 8.10. The second-order valence-corrected chi connectivity index (χ2v) is 3.69. The van der Waals surface area contributed by atoms with Crippen LogP contribution in [0, 0.1) is 5.82 Å². The van der Waals surface area contributed by atoms with E-state index in [0.717, 1.165) is 11.9 Å². The van der Waals surface area contributed by atoms with Crippen molar-refractivity contribution in [2.24, 2.45) is 0 Å². The minimum Gasteiger partial charge on any atom is -0.293 e. The van der Waals surface area contributed by atoms with Gasteiger partial charge in [-0.15, -0.1) is 0 Å². The van der Waals surface area contributed by atoms with Gasteiger partial charge >= 0.3 is 0 Å². The van der Waals surface area contributed by atoms with Crippen LogP contribution in [0.5, 0.6) is 0 Å². The quantitative estimate of drug-likeness (QED) is 0.696. The molecule has 1 heterocycles. The predicted octanol–water partition coefficient (Wildman–Crippen LogP) is 2.16. The third-order valence-corrected chi connectivity index (χ3v) is 2.38. The summed E-state index contributed by atoms with van der Waals surface area (Å²) in [5.74, 6) is 0.478. The molecule has 1 aromatic heterocycles. The summed E-state index contributed by atoms with van der Waals surface area (Å²) >= 11 is 1.48. The Hall–Kier alpha value is -0.900. The largest absolute Gasteiger partial charge is 0.293 e. The second kappa shape index (κ2) is 4.97. The lowest BCUT2D eigenvalue weighted by atomic mass is 10.2. The van der Waals surface area contributed by atoms with Gasteiger partial charge in [-0.3, -0.25) is 9.78 Å². The van der Waals surface area contributed by atoms with E-state index in [9.17, 15) is 9.18 Å². The van der Waals surface area contributed by atoms with E-state index in [4.69, 9.17) is 0 Å². The highest BCUT2D eigenvalue weighted by atomic mass is 32.2. The van der Waals surface area contributed by atoms with Gasteiger partial charge in [-0.2, -0.15) is 11.8 Å². The molecule has 0 unspecified atom stereocenters. The number of carbonyl (C=O) groups excluding carboxylic acids is 1. The Morgan fingerprint density at radius 1 is 1.69 bits per heavy atom. The minimum atomic E-state index is -0.538. The Kier molecular flexibility index (Phi) is 3.89. The van der Waals surface area contributed by atoms with Crippen LogP contribution in [0.25, 0.3) is 0 Å². The van der Waals surface area contributed by atoms with Crippen LogP contribution in [-0.4, -0.2) is 22.3 Å². The molecule has 0 aliphatic heterocycles. The summed E-state index contributed by atoms with van der Waals surface area (Å²) in [5.41, 5.74) is 0.135. The van der Waals surface area contributed by atoms with Crippen LogP contribution in [0.15, 0.2) is 18.5 Å². The molecule has 0 fully saturated rings. The lowest BCUT2D eigenvalue weighted by Gasteiger charge is -1.99. The van der Waals surface area contributed by atoms with Crippen LogP contribution in [0.3, 0.4) is 0 Å². The molecule has 0 spiro atoms. The van der Waals surface area contributed by atoms with Crippen LogP contribution in [0.1, 0.15) is 17.3 Å². The lowest BCUT2D eigenvalue weighted by molar-refractivity contribution is 0.101. The Morgan fingerprint density at radius 2 is 2.46 bits per heavy atom. The fourth-order valence-electron chi connectivity index (χ4n) is 0.874. The van der Waals surface area contributed by atoms with E-state index in [2.05, 4.69) is 4.98 Å². The van der Waals surface area contributed by atoms with Gasteiger partial charge in [0.2, 0.25) is 0 Å². The monoisotopic (exact) mass is 199 g/mol. The number of aromatic nitrogens is 1. The van der Waals surface area contributed by atoms with E-state index in [1.54, 1.807) is 0 Å². The van der Waals surface area contributed by atoms with Crippen molar-refractivity contribution in [3.05, 3.63) is 29.8 Å². The van der Waals surface area contributed by atoms with Crippen molar-refractivity contribution in [3.63, 3.8) is 0 Å². The van der Waals surface area contributed by atoms with Gasteiger partial charge < -0.3 is 0 Å². The molecule has 0 bridgehead atoms. The maximum absolute atomic E-state index is 13.0. The zero-order chi connectivity index (χ0) is 9.68. The highest BCUT2D eigenvalue weighted by Crippen LogP contribution is 2.09. The fourth-order valence-corrected chi connectivity index (χ4v) is 1.42. The van der Waals surface area contributed by atoms with Crippen molar-refractivity contribution >= 4 is 17.5 Å². The van der Waals surface area contributed by atoms with Crippen molar-refractivity contribution in [1.82, 2.24) is 4.98 Å². The van der Waals surface area contributed by atoms with E-state index in [0.29, 0.717) is 5.75 Å². The molecule has 0 amide bonds. The smallest absolute Gasteiger partial charge is 0.175 e. The van der Waals surface area contributed by atoms with Crippen LogP contribution < -0.4 is 0 Å². The van der Waals surface area contributed by atoms with Crippen LogP contribution in [0.4, 0.5) is 4.39 Å². The number of rotatable bonds is 4. The summed E-state index contributed by atoms with van der Waals surface area (Å²) in [6, 6.07) is 1.41. The third-order valence-electron chi connectivity index (χ3n) is 1.51. The Bertz CT molecular complexity index is 303. The molecule has 0 saturated heterocycles. The number of hydrogen-bond donors (Lipinski definition) is 0. The molecule has 2 nitrogen and oxygen atoms in total. The molecule has 1 aromatic rings. The van der Waals surface area contributed by atoms with E-state index >= 15 is 0 Å². The van der Waals surface area contributed by atoms with Gasteiger partial charge in [0, 0.05) is 6.20 Å². The Balaban J connectivity index is 2.71. The van der Waals surface area contributed by atoms with Crippen LogP contribution >= 0.6 is 11.8 Å². The van der Waals surface area contributed by atoms with E-state index in [1.165, 1.54) is 24.0 Å². The van der Waals surface area contributed by atoms with Crippen molar-refractivity contribution in [2.45, 2.75) is 6.92 Å². The number of nitrogens with zero attached hydrogens (tertiary/aromatic N) is 1. The second-order valence-electron chi connectivity index (χ2n) is 2.42. The maximum atomic E-state index is 13.0. The van der Waals surface area contributed by atoms with Crippen LogP contribution in [-0.2, 0) is 0 Å². The molecule has 13 heavy (non-hydrogen) atoms. The third kappa shape index (κ3) is 2.81. The molecular weight excluding hydrogens is 189 g/mol. The first-order chi connectivity index (χ1) is 6.25. The fraction of sp³-hybridized carbons (Fsp3) is 0.333. The van der Waals surface area contributed by atoms with Gasteiger partial charge in [-0.1, -0.05) is 6.92 Å². The molecule has 0 aliphatic rings. The summed E-state index contributed by atoms with van der Waals surface area (Å²) in [5, 5.41) is 0. The average Bonchev–Trinajstić information content (AvgIpc) is 2.15. The molecule has 0 radical (unpaired) electrons. The van der Waals surface area contributed by atoms with Crippen molar-refractivity contribution in [3.8, 4) is 0 Å². The van der Waals surface area contributed by atoms with Crippen molar-refractivity contribution in [1.29, 1.82) is 0 Å². The summed E-state index contributed by atoms with van der Waals surface area (Å²) in [6.07, 6.45) is 2.48. The molecule has 0 N–H and O–H groups in total. The molecule has 70 valence electrons. The van der Waals surface area contributed by atoms with Gasteiger partial charge in [0.15, 0.2) is 11.6 Å². The van der Waals surface area contributed by atoms with Crippen molar-refractivity contribution in [2.75, 3.05) is 11.5 Å². The Labute approximate surface area is 80.6 Å². The topological polar surface area (TPSA) is 30.0 Å². The molecule has 4 heteroatoms. The summed E-state index contributed by atoms with van der Waals surface area (Å²) in [4.78, 5) is 14.9. The van der Waals surface area contributed by atoms with Gasteiger partial charge in [0.25, 0.3) is 0 Å². The highest BCUT2D eigenvalue weighted by molar-refractivity contribution is 7.99. The predicted molar refractivity (Wildman–Crippen MR) is 51.5 cm³/mol. The summed E-state index contributed by atoms with van der Waals surface area (Å²) < 4.78 is 13.0. The number of halogens is 1.